The molecular weight excluding hydrogens is 260 g/mol. The van der Waals surface area contributed by atoms with Crippen LogP contribution in [0.2, 0.25) is 0 Å². The van der Waals surface area contributed by atoms with Crippen LogP contribution in [0.4, 0.5) is 0 Å². The molecule has 0 aliphatic carbocycles. The van der Waals surface area contributed by atoms with Crippen LogP contribution in [-0.4, -0.2) is 16.1 Å². The molecule has 21 heavy (non-hydrogen) atoms. The van der Waals surface area contributed by atoms with E-state index in [9.17, 15) is 4.79 Å². The molecule has 3 aromatic rings. The Morgan fingerprint density at radius 2 is 1.95 bits per heavy atom. The number of aldehydes is 1. The number of aromatic nitrogens is 2. The van der Waals surface area contributed by atoms with Crippen LogP contribution in [0.3, 0.4) is 0 Å². The van der Waals surface area contributed by atoms with Gasteiger partial charge in [0, 0.05) is 17.8 Å². The summed E-state index contributed by atoms with van der Waals surface area (Å²) in [6.07, 6.45) is 3.72. The molecule has 0 spiro atoms. The van der Waals surface area contributed by atoms with Gasteiger partial charge < -0.3 is 0 Å². The molecule has 1 aromatic heterocycles. The van der Waals surface area contributed by atoms with E-state index in [1.54, 1.807) is 0 Å². The van der Waals surface area contributed by atoms with Gasteiger partial charge in [-0.05, 0) is 24.1 Å². The normalized spacial score (nSPS) is 12.5. The number of rotatable bonds is 4. The first kappa shape index (κ1) is 13.6. The molecule has 2 aromatic carbocycles. The lowest BCUT2D eigenvalue weighted by molar-refractivity contribution is 0.112. The Labute approximate surface area is 124 Å². The van der Waals surface area contributed by atoms with Crippen molar-refractivity contribution in [3.63, 3.8) is 0 Å². The standard InChI is InChI=1S/C18H18N2O/c1-3-13(2)20-11-15(12-21)18(19-20)17-10-6-8-14-7-4-5-9-16(14)17/h4-13H,3H2,1-2H3. The minimum absolute atomic E-state index is 0.285. The first-order valence-corrected chi connectivity index (χ1v) is 7.27. The van der Waals surface area contributed by atoms with E-state index in [0.717, 1.165) is 34.7 Å². The molecule has 0 fully saturated rings. The predicted octanol–water partition coefficient (Wildman–Crippen LogP) is 4.49. The fraction of sp³-hybridized carbons (Fsp3) is 0.222. The molecule has 1 atom stereocenters. The third-order valence-electron chi connectivity index (χ3n) is 3.97. The van der Waals surface area contributed by atoms with Gasteiger partial charge in [0.25, 0.3) is 0 Å². The number of nitrogens with zero attached hydrogens (tertiary/aromatic N) is 2. The summed E-state index contributed by atoms with van der Waals surface area (Å²) in [5.74, 6) is 0. The maximum absolute atomic E-state index is 11.4. The molecule has 0 radical (unpaired) electrons. The molecule has 0 saturated carbocycles. The van der Waals surface area contributed by atoms with E-state index in [4.69, 9.17) is 0 Å². The maximum Gasteiger partial charge on any atom is 0.153 e. The lowest BCUT2D eigenvalue weighted by atomic mass is 10.0. The average molecular weight is 278 g/mol. The number of fused-ring (bicyclic) bond motifs is 1. The molecule has 3 heteroatoms. The quantitative estimate of drug-likeness (QED) is 0.659. The highest BCUT2D eigenvalue weighted by molar-refractivity contribution is 5.99. The van der Waals surface area contributed by atoms with Gasteiger partial charge in [0.15, 0.2) is 6.29 Å². The van der Waals surface area contributed by atoms with Crippen LogP contribution in [0, 0.1) is 0 Å². The molecule has 0 saturated heterocycles. The van der Waals surface area contributed by atoms with Gasteiger partial charge in [0.05, 0.1) is 5.56 Å². The van der Waals surface area contributed by atoms with E-state index >= 15 is 0 Å². The topological polar surface area (TPSA) is 34.9 Å². The molecule has 0 aliphatic rings. The fourth-order valence-electron chi connectivity index (χ4n) is 2.55. The van der Waals surface area contributed by atoms with Gasteiger partial charge in [-0.3, -0.25) is 9.48 Å². The third-order valence-corrected chi connectivity index (χ3v) is 3.97. The molecule has 106 valence electrons. The average Bonchev–Trinajstić information content (AvgIpc) is 2.97. The van der Waals surface area contributed by atoms with Crippen LogP contribution in [-0.2, 0) is 0 Å². The van der Waals surface area contributed by atoms with Crippen molar-refractivity contribution in [2.45, 2.75) is 26.3 Å². The van der Waals surface area contributed by atoms with Crippen molar-refractivity contribution < 1.29 is 4.79 Å². The molecule has 1 heterocycles. The highest BCUT2D eigenvalue weighted by Crippen LogP contribution is 2.30. The molecule has 0 aliphatic heterocycles. The minimum Gasteiger partial charge on any atom is -0.298 e. The van der Waals surface area contributed by atoms with Gasteiger partial charge >= 0.3 is 0 Å². The Kier molecular flexibility index (Phi) is 3.57. The predicted molar refractivity (Wildman–Crippen MR) is 85.6 cm³/mol. The van der Waals surface area contributed by atoms with Crippen LogP contribution < -0.4 is 0 Å². The van der Waals surface area contributed by atoms with Crippen molar-refractivity contribution in [1.29, 1.82) is 0 Å². The third kappa shape index (κ3) is 2.35. The van der Waals surface area contributed by atoms with Crippen molar-refractivity contribution in [3.05, 3.63) is 54.2 Å². The van der Waals surface area contributed by atoms with Crippen molar-refractivity contribution in [3.8, 4) is 11.3 Å². The number of benzene rings is 2. The summed E-state index contributed by atoms with van der Waals surface area (Å²) in [5.41, 5.74) is 2.42. The van der Waals surface area contributed by atoms with Gasteiger partial charge in [-0.2, -0.15) is 5.10 Å². The maximum atomic E-state index is 11.4. The first-order chi connectivity index (χ1) is 10.2. The molecule has 3 nitrogen and oxygen atoms in total. The van der Waals surface area contributed by atoms with Gasteiger partial charge in [-0.1, -0.05) is 49.4 Å². The Balaban J connectivity index is 2.23. The second-order valence-electron chi connectivity index (χ2n) is 5.31. The zero-order valence-corrected chi connectivity index (χ0v) is 12.3. The van der Waals surface area contributed by atoms with Crippen LogP contribution >= 0.6 is 0 Å². The zero-order chi connectivity index (χ0) is 14.8. The Hall–Kier alpha value is -2.42. The van der Waals surface area contributed by atoms with Crippen molar-refractivity contribution in [1.82, 2.24) is 9.78 Å². The lowest BCUT2D eigenvalue weighted by Gasteiger charge is -2.08. The molecule has 0 N–H and O–H groups in total. The monoisotopic (exact) mass is 278 g/mol. The smallest absolute Gasteiger partial charge is 0.153 e. The summed E-state index contributed by atoms with van der Waals surface area (Å²) >= 11 is 0. The van der Waals surface area contributed by atoms with E-state index in [-0.39, 0.29) is 6.04 Å². The van der Waals surface area contributed by atoms with Gasteiger partial charge in [0.2, 0.25) is 0 Å². The Morgan fingerprint density at radius 3 is 2.71 bits per heavy atom. The molecule has 0 amide bonds. The minimum atomic E-state index is 0.285. The molecular formula is C18H18N2O. The van der Waals surface area contributed by atoms with E-state index in [1.165, 1.54) is 0 Å². The van der Waals surface area contributed by atoms with Crippen LogP contribution in [0.5, 0.6) is 0 Å². The van der Waals surface area contributed by atoms with Crippen LogP contribution in [0.15, 0.2) is 48.7 Å². The Bertz CT molecular complexity index is 784. The number of carbonyl (C=O) groups is 1. The summed E-state index contributed by atoms with van der Waals surface area (Å²) in [6, 6.07) is 14.6. The van der Waals surface area contributed by atoms with E-state index in [2.05, 4.69) is 37.1 Å². The van der Waals surface area contributed by atoms with Gasteiger partial charge in [-0.15, -0.1) is 0 Å². The summed E-state index contributed by atoms with van der Waals surface area (Å²) in [7, 11) is 0. The number of hydrogen-bond donors (Lipinski definition) is 0. The molecule has 3 rings (SSSR count). The SMILES string of the molecule is CCC(C)n1cc(C=O)c(-c2cccc3ccccc23)n1. The Morgan fingerprint density at radius 1 is 1.19 bits per heavy atom. The van der Waals surface area contributed by atoms with E-state index in [1.807, 2.05) is 35.1 Å². The number of carbonyl (C=O) groups excluding carboxylic acids is 1. The summed E-state index contributed by atoms with van der Waals surface area (Å²) in [4.78, 5) is 11.4. The largest absolute Gasteiger partial charge is 0.298 e. The van der Waals surface area contributed by atoms with Crippen molar-refractivity contribution in [2.75, 3.05) is 0 Å². The lowest BCUT2D eigenvalue weighted by Crippen LogP contribution is -2.04. The van der Waals surface area contributed by atoms with E-state index < -0.39 is 0 Å². The highest BCUT2D eigenvalue weighted by Gasteiger charge is 2.15. The fourth-order valence-corrected chi connectivity index (χ4v) is 2.55. The summed E-state index contributed by atoms with van der Waals surface area (Å²) < 4.78 is 1.89. The highest BCUT2D eigenvalue weighted by atomic mass is 16.1. The van der Waals surface area contributed by atoms with E-state index in [0.29, 0.717) is 5.56 Å². The van der Waals surface area contributed by atoms with Crippen LogP contribution in [0.1, 0.15) is 36.7 Å². The first-order valence-electron chi connectivity index (χ1n) is 7.27. The van der Waals surface area contributed by atoms with Gasteiger partial charge in [0.1, 0.15) is 5.69 Å². The second-order valence-corrected chi connectivity index (χ2v) is 5.31. The van der Waals surface area contributed by atoms with Crippen LogP contribution in [0.25, 0.3) is 22.0 Å². The molecule has 1 unspecified atom stereocenters. The molecule has 0 bridgehead atoms. The van der Waals surface area contributed by atoms with Gasteiger partial charge in [-0.25, -0.2) is 0 Å². The summed E-state index contributed by atoms with van der Waals surface area (Å²) in [6.45, 7) is 4.22. The van der Waals surface area contributed by atoms with Crippen molar-refractivity contribution in [2.24, 2.45) is 0 Å². The number of hydrogen-bond acceptors (Lipinski definition) is 2. The van der Waals surface area contributed by atoms with Crippen molar-refractivity contribution >= 4 is 17.1 Å². The second kappa shape index (κ2) is 5.52. The summed E-state index contributed by atoms with van der Waals surface area (Å²) in [5, 5.41) is 6.94. The zero-order valence-electron chi connectivity index (χ0n) is 12.3.